The van der Waals surface area contributed by atoms with Crippen LogP contribution in [0, 0.1) is 5.82 Å². The van der Waals surface area contributed by atoms with E-state index >= 15 is 0 Å². The first-order chi connectivity index (χ1) is 9.15. The number of nitrogens with one attached hydrogen (secondary N) is 1. The third-order valence-electron chi connectivity index (χ3n) is 2.86. The monoisotopic (exact) mass is 280 g/mol. The summed E-state index contributed by atoms with van der Waals surface area (Å²) in [6.45, 7) is 0. The van der Waals surface area contributed by atoms with Crippen molar-refractivity contribution in [3.8, 4) is 5.75 Å². The first-order valence-electron chi connectivity index (χ1n) is 5.70. The first kappa shape index (κ1) is 13.8. The van der Waals surface area contributed by atoms with Crippen LogP contribution >= 0.6 is 11.6 Å². The molecule has 0 spiro atoms. The van der Waals surface area contributed by atoms with E-state index in [1.807, 2.05) is 6.07 Å². The summed E-state index contributed by atoms with van der Waals surface area (Å²) >= 11 is 5.98. The number of nitrogens with two attached hydrogens (primary N) is 1. The molecule has 0 heterocycles. The lowest BCUT2D eigenvalue weighted by atomic mass is 9.99. The number of hydrogen-bond donors (Lipinski definition) is 2. The molecule has 0 aromatic heterocycles. The molecule has 0 aliphatic rings. The fourth-order valence-corrected chi connectivity index (χ4v) is 2.12. The number of methoxy groups -OCH3 is 1. The lowest BCUT2D eigenvalue weighted by Gasteiger charge is -2.18. The Kier molecular flexibility index (Phi) is 4.37. The van der Waals surface area contributed by atoms with Crippen LogP contribution in [0.2, 0.25) is 5.02 Å². The van der Waals surface area contributed by atoms with E-state index in [0.29, 0.717) is 10.8 Å². The molecule has 2 aromatic carbocycles. The van der Waals surface area contributed by atoms with Crippen LogP contribution in [0.15, 0.2) is 42.5 Å². The van der Waals surface area contributed by atoms with E-state index in [2.05, 4.69) is 5.43 Å². The Bertz CT molecular complexity index is 577. The van der Waals surface area contributed by atoms with Gasteiger partial charge in [-0.15, -0.1) is 0 Å². The van der Waals surface area contributed by atoms with Gasteiger partial charge < -0.3 is 4.74 Å². The van der Waals surface area contributed by atoms with Gasteiger partial charge in [-0.05, 0) is 35.4 Å². The summed E-state index contributed by atoms with van der Waals surface area (Å²) in [6, 6.07) is 11.3. The molecule has 0 aliphatic heterocycles. The average Bonchev–Trinajstić information content (AvgIpc) is 2.41. The number of benzene rings is 2. The smallest absolute Gasteiger partial charge is 0.137 e. The molecule has 0 saturated carbocycles. The van der Waals surface area contributed by atoms with E-state index in [1.54, 1.807) is 24.3 Å². The van der Waals surface area contributed by atoms with Crippen molar-refractivity contribution in [2.45, 2.75) is 6.04 Å². The summed E-state index contributed by atoms with van der Waals surface area (Å²) in [6.07, 6.45) is 0. The van der Waals surface area contributed by atoms with Crippen molar-refractivity contribution in [2.75, 3.05) is 7.11 Å². The van der Waals surface area contributed by atoms with Crippen molar-refractivity contribution in [2.24, 2.45) is 5.84 Å². The van der Waals surface area contributed by atoms with Crippen LogP contribution in [0.3, 0.4) is 0 Å². The predicted molar refractivity (Wildman–Crippen MR) is 73.6 cm³/mol. The molecule has 0 radical (unpaired) electrons. The molecule has 5 heteroatoms. The number of ether oxygens (including phenoxy) is 1. The summed E-state index contributed by atoms with van der Waals surface area (Å²) in [4.78, 5) is 0. The summed E-state index contributed by atoms with van der Waals surface area (Å²) in [5.74, 6) is 5.82. The van der Waals surface area contributed by atoms with Gasteiger partial charge in [0.25, 0.3) is 0 Å². The minimum Gasteiger partial charge on any atom is -0.495 e. The molecule has 1 unspecified atom stereocenters. The molecule has 2 aromatic rings. The molecular formula is C14H14ClFN2O. The second kappa shape index (κ2) is 6.02. The molecule has 0 amide bonds. The number of halogens is 2. The first-order valence-corrected chi connectivity index (χ1v) is 6.08. The number of hydrazine groups is 1. The zero-order valence-electron chi connectivity index (χ0n) is 10.4. The van der Waals surface area contributed by atoms with Gasteiger partial charge in [0.05, 0.1) is 18.2 Å². The lowest BCUT2D eigenvalue weighted by Crippen LogP contribution is -2.28. The van der Waals surface area contributed by atoms with Crippen molar-refractivity contribution < 1.29 is 9.13 Å². The van der Waals surface area contributed by atoms with Gasteiger partial charge >= 0.3 is 0 Å². The summed E-state index contributed by atoms with van der Waals surface area (Å²) < 4.78 is 18.4. The normalized spacial score (nSPS) is 12.2. The van der Waals surface area contributed by atoms with Crippen molar-refractivity contribution in [1.29, 1.82) is 0 Å². The van der Waals surface area contributed by atoms with Gasteiger partial charge in [-0.2, -0.15) is 0 Å². The maximum Gasteiger partial charge on any atom is 0.137 e. The van der Waals surface area contributed by atoms with Crippen LogP contribution in [0.25, 0.3) is 0 Å². The zero-order chi connectivity index (χ0) is 13.8. The van der Waals surface area contributed by atoms with Crippen LogP contribution in [0.5, 0.6) is 5.75 Å². The third-order valence-corrected chi connectivity index (χ3v) is 3.17. The molecule has 3 nitrogen and oxygen atoms in total. The number of hydrogen-bond acceptors (Lipinski definition) is 3. The van der Waals surface area contributed by atoms with Crippen LogP contribution in [-0.4, -0.2) is 7.11 Å². The highest BCUT2D eigenvalue weighted by Gasteiger charge is 2.14. The van der Waals surface area contributed by atoms with Crippen LogP contribution in [0.4, 0.5) is 4.39 Å². The highest BCUT2D eigenvalue weighted by molar-refractivity contribution is 6.32. The van der Waals surface area contributed by atoms with Gasteiger partial charge in [0.2, 0.25) is 0 Å². The van der Waals surface area contributed by atoms with Crippen LogP contribution in [-0.2, 0) is 0 Å². The second-order valence-corrected chi connectivity index (χ2v) is 4.46. The second-order valence-electron chi connectivity index (χ2n) is 4.05. The Hall–Kier alpha value is -1.62. The van der Waals surface area contributed by atoms with E-state index in [-0.39, 0.29) is 11.9 Å². The van der Waals surface area contributed by atoms with Crippen LogP contribution < -0.4 is 16.0 Å². The topological polar surface area (TPSA) is 47.3 Å². The van der Waals surface area contributed by atoms with Gasteiger partial charge in [-0.1, -0.05) is 29.8 Å². The molecule has 2 rings (SSSR count). The maximum absolute atomic E-state index is 13.3. The van der Waals surface area contributed by atoms with Gasteiger partial charge in [0, 0.05) is 0 Å². The van der Waals surface area contributed by atoms with Gasteiger partial charge in [0.15, 0.2) is 0 Å². The number of rotatable bonds is 4. The molecular weight excluding hydrogens is 267 g/mol. The fourth-order valence-electron chi connectivity index (χ4n) is 1.93. The van der Waals surface area contributed by atoms with Crippen molar-refractivity contribution >= 4 is 11.6 Å². The quantitative estimate of drug-likeness (QED) is 0.668. The third kappa shape index (κ3) is 3.04. The van der Waals surface area contributed by atoms with Crippen molar-refractivity contribution in [3.63, 3.8) is 0 Å². The molecule has 3 N–H and O–H groups in total. The van der Waals surface area contributed by atoms with Crippen LogP contribution in [0.1, 0.15) is 17.2 Å². The van der Waals surface area contributed by atoms with E-state index in [0.717, 1.165) is 11.1 Å². The summed E-state index contributed by atoms with van der Waals surface area (Å²) in [5, 5.41) is 0.515. The Morgan fingerprint density at radius 2 is 1.95 bits per heavy atom. The van der Waals surface area contributed by atoms with E-state index in [9.17, 15) is 4.39 Å². The van der Waals surface area contributed by atoms with E-state index in [4.69, 9.17) is 22.2 Å². The highest BCUT2D eigenvalue weighted by Crippen LogP contribution is 2.30. The Morgan fingerprint density at radius 3 is 2.58 bits per heavy atom. The average molecular weight is 281 g/mol. The molecule has 1 atom stereocenters. The standard InChI is InChI=1S/C14H14ClFN2O/c1-19-13-8-10(5-6-12(13)15)14(18-17)9-3-2-4-11(16)7-9/h2-8,14,18H,17H2,1H3. The minimum absolute atomic E-state index is 0.307. The fraction of sp³-hybridized carbons (Fsp3) is 0.143. The molecule has 0 bridgehead atoms. The van der Waals surface area contributed by atoms with E-state index < -0.39 is 0 Å². The molecule has 19 heavy (non-hydrogen) atoms. The SMILES string of the molecule is COc1cc(C(NN)c2cccc(F)c2)ccc1Cl. The largest absolute Gasteiger partial charge is 0.495 e. The van der Waals surface area contributed by atoms with E-state index in [1.165, 1.54) is 19.2 Å². The van der Waals surface area contributed by atoms with Gasteiger partial charge in [0.1, 0.15) is 11.6 Å². The molecule has 0 fully saturated rings. The Morgan fingerprint density at radius 1 is 1.21 bits per heavy atom. The molecule has 0 saturated heterocycles. The highest BCUT2D eigenvalue weighted by atomic mass is 35.5. The summed E-state index contributed by atoms with van der Waals surface area (Å²) in [7, 11) is 1.54. The lowest BCUT2D eigenvalue weighted by molar-refractivity contribution is 0.414. The Balaban J connectivity index is 2.42. The van der Waals surface area contributed by atoms with Crippen molar-refractivity contribution in [1.82, 2.24) is 5.43 Å². The van der Waals surface area contributed by atoms with Crippen molar-refractivity contribution in [3.05, 3.63) is 64.4 Å². The van der Waals surface area contributed by atoms with Gasteiger partial charge in [-0.3, -0.25) is 5.84 Å². The zero-order valence-corrected chi connectivity index (χ0v) is 11.1. The minimum atomic E-state index is -0.332. The van der Waals surface area contributed by atoms with Gasteiger partial charge in [-0.25, -0.2) is 9.82 Å². The Labute approximate surface area is 116 Å². The summed E-state index contributed by atoms with van der Waals surface area (Å²) in [5.41, 5.74) is 4.24. The molecule has 0 aliphatic carbocycles. The maximum atomic E-state index is 13.3. The predicted octanol–water partition coefficient (Wildman–Crippen LogP) is 3.04. The molecule has 100 valence electrons.